The Hall–Kier alpha value is -0.783. The van der Waals surface area contributed by atoms with Crippen LogP contribution in [0.25, 0.3) is 0 Å². The Labute approximate surface area is 164 Å². The number of benzene rings is 1. The van der Waals surface area contributed by atoms with Crippen molar-refractivity contribution < 1.29 is 9.32 Å². The lowest BCUT2D eigenvalue weighted by molar-refractivity contribution is -0.131. The lowest BCUT2D eigenvalue weighted by Crippen LogP contribution is -2.52. The number of carbonyl (C=O) groups is 1. The van der Waals surface area contributed by atoms with Gasteiger partial charge in [0.25, 0.3) is 5.91 Å². The van der Waals surface area contributed by atoms with E-state index >= 15 is 0 Å². The SMILES string of the molecule is CC(C)(C)[Si](C)(C)ONC(=O)C1(SCCc2ccccc2)CCCCC1. The molecule has 1 saturated carbocycles. The van der Waals surface area contributed by atoms with Crippen LogP contribution < -0.4 is 5.48 Å². The number of amides is 1. The summed E-state index contributed by atoms with van der Waals surface area (Å²) in [6, 6.07) is 10.5. The van der Waals surface area contributed by atoms with Crippen molar-refractivity contribution in [2.45, 2.75) is 82.2 Å². The summed E-state index contributed by atoms with van der Waals surface area (Å²) < 4.78 is 5.70. The highest BCUT2D eigenvalue weighted by molar-refractivity contribution is 8.01. The molecule has 3 nitrogen and oxygen atoms in total. The van der Waals surface area contributed by atoms with E-state index in [0.717, 1.165) is 37.9 Å². The second kappa shape index (κ2) is 8.94. The molecule has 1 aliphatic rings. The van der Waals surface area contributed by atoms with Gasteiger partial charge in [0.2, 0.25) is 8.32 Å². The second-order valence-corrected chi connectivity index (χ2v) is 15.1. The van der Waals surface area contributed by atoms with Crippen LogP contribution in [0.1, 0.15) is 58.4 Å². The zero-order valence-electron chi connectivity index (χ0n) is 17.1. The van der Waals surface area contributed by atoms with Crippen LogP contribution in [0.2, 0.25) is 18.1 Å². The molecule has 1 aromatic carbocycles. The molecule has 0 bridgehead atoms. The van der Waals surface area contributed by atoms with Crippen LogP contribution in [0.15, 0.2) is 30.3 Å². The molecule has 26 heavy (non-hydrogen) atoms. The number of aryl methyl sites for hydroxylation is 1. The third kappa shape index (κ3) is 5.60. The summed E-state index contributed by atoms with van der Waals surface area (Å²) in [6.45, 7) is 10.9. The fourth-order valence-corrected chi connectivity index (χ4v) is 5.12. The third-order valence-corrected chi connectivity index (χ3v) is 11.7. The Morgan fingerprint density at radius 1 is 1.15 bits per heavy atom. The van der Waals surface area contributed by atoms with Gasteiger partial charge in [0.05, 0.1) is 4.75 Å². The summed E-state index contributed by atoms with van der Waals surface area (Å²) in [5, 5.41) is 0.0838. The standard InChI is InChI=1S/C21H35NO2SSi/c1-20(2,3)26(4,5)24-22-19(23)21(15-10-7-11-16-21)25-17-14-18-12-8-6-9-13-18/h6,8-9,12-13H,7,10-11,14-17H2,1-5H3,(H,22,23). The van der Waals surface area contributed by atoms with Crippen LogP contribution >= 0.6 is 11.8 Å². The Bertz CT molecular complexity index is 577. The first-order valence-electron chi connectivity index (χ1n) is 9.83. The second-order valence-electron chi connectivity index (χ2n) is 8.93. The van der Waals surface area contributed by atoms with Gasteiger partial charge < -0.3 is 4.53 Å². The highest BCUT2D eigenvalue weighted by Gasteiger charge is 2.43. The summed E-state index contributed by atoms with van der Waals surface area (Å²) >= 11 is 1.83. The van der Waals surface area contributed by atoms with Gasteiger partial charge in [-0.15, -0.1) is 11.8 Å². The van der Waals surface area contributed by atoms with Crippen molar-refractivity contribution in [2.24, 2.45) is 0 Å². The van der Waals surface area contributed by atoms with Gasteiger partial charge in [0.1, 0.15) is 0 Å². The normalized spacial score (nSPS) is 17.7. The average Bonchev–Trinajstić information content (AvgIpc) is 2.60. The van der Waals surface area contributed by atoms with Crippen molar-refractivity contribution in [3.05, 3.63) is 35.9 Å². The first kappa shape index (κ1) is 21.5. The van der Waals surface area contributed by atoms with E-state index in [4.69, 9.17) is 4.53 Å². The quantitative estimate of drug-likeness (QED) is 0.476. The average molecular weight is 394 g/mol. The number of carbonyl (C=O) groups excluding carboxylic acids is 1. The van der Waals surface area contributed by atoms with Crippen molar-refractivity contribution in [2.75, 3.05) is 5.75 Å². The Kier molecular flexibility index (Phi) is 7.40. The molecule has 1 fully saturated rings. The van der Waals surface area contributed by atoms with E-state index in [2.05, 4.69) is 63.6 Å². The maximum absolute atomic E-state index is 13.1. The Balaban J connectivity index is 1.97. The smallest absolute Gasteiger partial charge is 0.258 e. The van der Waals surface area contributed by atoms with Gasteiger partial charge in [-0.1, -0.05) is 70.4 Å². The van der Waals surface area contributed by atoms with Crippen molar-refractivity contribution in [1.29, 1.82) is 0 Å². The zero-order valence-corrected chi connectivity index (χ0v) is 18.9. The maximum Gasteiger partial charge on any atom is 0.258 e. The fourth-order valence-electron chi connectivity index (χ4n) is 2.99. The summed E-state index contributed by atoms with van der Waals surface area (Å²) in [6.07, 6.45) is 6.41. The molecule has 146 valence electrons. The highest BCUT2D eigenvalue weighted by atomic mass is 32.2. The maximum atomic E-state index is 13.1. The van der Waals surface area contributed by atoms with Crippen LogP contribution in [0, 0.1) is 0 Å². The molecular weight excluding hydrogens is 358 g/mol. The topological polar surface area (TPSA) is 38.3 Å². The molecule has 0 saturated heterocycles. The van der Waals surface area contributed by atoms with E-state index in [1.807, 2.05) is 17.8 Å². The van der Waals surface area contributed by atoms with Gasteiger partial charge >= 0.3 is 0 Å². The predicted octanol–water partition coefficient (Wildman–Crippen LogP) is 5.72. The van der Waals surface area contributed by atoms with E-state index in [-0.39, 0.29) is 15.7 Å². The molecule has 0 atom stereocenters. The monoisotopic (exact) mass is 393 g/mol. The van der Waals surface area contributed by atoms with E-state index in [9.17, 15) is 4.79 Å². The van der Waals surface area contributed by atoms with E-state index < -0.39 is 8.32 Å². The molecule has 0 aliphatic heterocycles. The molecule has 0 spiro atoms. The van der Waals surface area contributed by atoms with Gasteiger partial charge in [-0.2, -0.15) is 0 Å². The van der Waals surface area contributed by atoms with Gasteiger partial charge in [-0.05, 0) is 48.7 Å². The molecule has 0 heterocycles. The van der Waals surface area contributed by atoms with Gasteiger partial charge in [-0.25, -0.2) is 5.48 Å². The van der Waals surface area contributed by atoms with Crippen molar-refractivity contribution in [3.8, 4) is 0 Å². The van der Waals surface area contributed by atoms with Crippen LogP contribution in [0.4, 0.5) is 0 Å². The molecule has 1 amide bonds. The van der Waals surface area contributed by atoms with Crippen LogP contribution in [-0.4, -0.2) is 24.7 Å². The Morgan fingerprint density at radius 3 is 2.35 bits per heavy atom. The van der Waals surface area contributed by atoms with Gasteiger partial charge in [-0.3, -0.25) is 4.79 Å². The summed E-state index contributed by atoms with van der Waals surface area (Å²) in [5.74, 6) is 1.05. The molecule has 0 aromatic heterocycles. The number of rotatable bonds is 7. The third-order valence-electron chi connectivity index (χ3n) is 5.89. The van der Waals surface area contributed by atoms with Crippen molar-refractivity contribution in [1.82, 2.24) is 5.48 Å². The molecule has 0 unspecified atom stereocenters. The molecule has 5 heteroatoms. The lowest BCUT2D eigenvalue weighted by Gasteiger charge is -2.39. The molecular formula is C21H35NO2SSi. The van der Waals surface area contributed by atoms with Crippen molar-refractivity contribution in [3.63, 3.8) is 0 Å². The molecule has 2 rings (SSSR count). The predicted molar refractivity (Wildman–Crippen MR) is 115 cm³/mol. The molecule has 1 aromatic rings. The highest BCUT2D eigenvalue weighted by Crippen LogP contribution is 2.41. The van der Waals surface area contributed by atoms with Crippen LogP contribution in [0.5, 0.6) is 0 Å². The summed E-state index contributed by atoms with van der Waals surface area (Å²) in [7, 11) is -1.99. The summed E-state index contributed by atoms with van der Waals surface area (Å²) in [4.78, 5) is 13.1. The summed E-state index contributed by atoms with van der Waals surface area (Å²) in [5.41, 5.74) is 4.23. The van der Waals surface area contributed by atoms with E-state index in [1.54, 1.807) is 0 Å². The van der Waals surface area contributed by atoms with Crippen LogP contribution in [-0.2, 0) is 15.7 Å². The minimum atomic E-state index is -1.99. The minimum Gasteiger partial charge on any atom is -0.319 e. The molecule has 1 N–H and O–H groups in total. The van der Waals surface area contributed by atoms with Crippen molar-refractivity contribution >= 4 is 26.0 Å². The number of hydrogen-bond donors (Lipinski definition) is 1. The number of thioether (sulfide) groups is 1. The number of nitrogens with one attached hydrogen (secondary N) is 1. The van der Waals surface area contributed by atoms with E-state index in [0.29, 0.717) is 0 Å². The van der Waals surface area contributed by atoms with Crippen LogP contribution in [0.3, 0.4) is 0 Å². The first-order chi connectivity index (χ1) is 12.2. The first-order valence-corrected chi connectivity index (χ1v) is 13.7. The van der Waals surface area contributed by atoms with Gasteiger partial charge in [0.15, 0.2) is 0 Å². The molecule has 0 radical (unpaired) electrons. The lowest BCUT2D eigenvalue weighted by atomic mass is 9.88. The number of hydrogen-bond acceptors (Lipinski definition) is 3. The van der Waals surface area contributed by atoms with E-state index in [1.165, 1.54) is 12.0 Å². The fraction of sp³-hybridized carbons (Fsp3) is 0.667. The number of hydroxylamine groups is 1. The minimum absolute atomic E-state index is 0.0834. The van der Waals surface area contributed by atoms with Gasteiger partial charge in [0, 0.05) is 0 Å². The molecule has 1 aliphatic carbocycles. The Morgan fingerprint density at radius 2 is 1.77 bits per heavy atom. The zero-order chi connectivity index (χ0) is 19.3. The largest absolute Gasteiger partial charge is 0.319 e.